The zero-order valence-electron chi connectivity index (χ0n) is 17.1. The molecule has 0 spiro atoms. The molecule has 0 aromatic heterocycles. The molecule has 0 radical (unpaired) electrons. The van der Waals surface area contributed by atoms with Gasteiger partial charge in [-0.2, -0.15) is 114 Å². The topological polar surface area (TPSA) is 34.1 Å². The molecule has 0 N–H and O–H groups in total. The molecule has 0 bridgehead atoms. The van der Waals surface area contributed by atoms with Crippen molar-refractivity contribution in [2.45, 2.75) is 70.2 Å². The number of halogens is 26. The fraction of sp³-hybridized carbons (Fsp3) is 1.00. The summed E-state index contributed by atoms with van der Waals surface area (Å²) in [4.78, 5) is 0. The van der Waals surface area contributed by atoms with Crippen molar-refractivity contribution in [1.29, 1.82) is 0 Å². The van der Waals surface area contributed by atoms with E-state index in [0.717, 1.165) is 0 Å². The third-order valence-corrected chi connectivity index (χ3v) is 6.35. The van der Waals surface area contributed by atoms with E-state index in [0.29, 0.717) is 0 Å². The van der Waals surface area contributed by atoms with E-state index in [2.05, 4.69) is 0 Å². The lowest BCUT2D eigenvalue weighted by Crippen LogP contribution is -2.75. The summed E-state index contributed by atoms with van der Waals surface area (Å²) in [6, 6.07) is 0. The minimum atomic E-state index is -10.5. The van der Waals surface area contributed by atoms with Crippen molar-refractivity contribution in [1.82, 2.24) is 0 Å². The summed E-state index contributed by atoms with van der Waals surface area (Å²) in [5.41, 5.74) is 0. The molecule has 2 nitrogen and oxygen atoms in total. The normalized spacial score (nSPS) is 17.2. The van der Waals surface area contributed by atoms with E-state index in [4.69, 9.17) is 0 Å². The number of rotatable bonds is 10. The van der Waals surface area contributed by atoms with Gasteiger partial charge in [0.2, 0.25) is 0 Å². The van der Waals surface area contributed by atoms with E-state index in [1.54, 1.807) is 0 Å². The molecule has 29 heteroatoms. The van der Waals surface area contributed by atoms with Gasteiger partial charge in [-0.05, 0) is 0 Å². The second-order valence-corrected chi connectivity index (χ2v) is 9.16. The van der Waals surface area contributed by atoms with Crippen molar-refractivity contribution in [3.63, 3.8) is 0 Å². The highest BCUT2D eigenvalue weighted by Crippen LogP contribution is 2.65. The standard InChI is InChI=1S/C12F26O2S/c13-1(14,5(21,22)9(29,30)31)3(17,18)7(25,26)11(35,36)41(39,40)12(37,38)8(27,28)4(19,20)2(15,16)6(23,24)10(32,33)34. The Morgan fingerprint density at radius 2 is 0.390 bits per heavy atom. The van der Waals surface area contributed by atoms with Gasteiger partial charge in [-0.15, -0.1) is 0 Å². The summed E-state index contributed by atoms with van der Waals surface area (Å²) in [6.45, 7) is 0. The van der Waals surface area contributed by atoms with Crippen molar-refractivity contribution in [2.24, 2.45) is 0 Å². The van der Waals surface area contributed by atoms with Crippen molar-refractivity contribution < 1.29 is 123 Å². The van der Waals surface area contributed by atoms with Crippen LogP contribution in [0.5, 0.6) is 0 Å². The quantitative estimate of drug-likeness (QED) is 0.218. The lowest BCUT2D eigenvalue weighted by Gasteiger charge is -2.42. The molecule has 0 rings (SSSR count). The van der Waals surface area contributed by atoms with Gasteiger partial charge in [-0.1, -0.05) is 0 Å². The van der Waals surface area contributed by atoms with Crippen molar-refractivity contribution in [3.8, 4) is 0 Å². The van der Waals surface area contributed by atoms with Gasteiger partial charge in [0.1, 0.15) is 0 Å². The second kappa shape index (κ2) is 9.07. The summed E-state index contributed by atoms with van der Waals surface area (Å²) in [7, 11) is -10.5. The van der Waals surface area contributed by atoms with Gasteiger partial charge in [-0.25, -0.2) is 8.42 Å². The van der Waals surface area contributed by atoms with Crippen LogP contribution in [0.15, 0.2) is 0 Å². The Hall–Kier alpha value is -1.87. The van der Waals surface area contributed by atoms with Crippen LogP contribution in [0.4, 0.5) is 114 Å². The van der Waals surface area contributed by atoms with Crippen LogP contribution in [0.2, 0.25) is 0 Å². The van der Waals surface area contributed by atoms with Crippen molar-refractivity contribution >= 4 is 9.84 Å². The van der Waals surface area contributed by atoms with Crippen LogP contribution in [0.1, 0.15) is 0 Å². The summed E-state index contributed by atoms with van der Waals surface area (Å²) >= 11 is 0. The maximum Gasteiger partial charge on any atom is 0.460 e. The predicted octanol–water partition coefficient (Wildman–Crippen LogP) is 7.79. The van der Waals surface area contributed by atoms with Crippen molar-refractivity contribution in [2.75, 3.05) is 0 Å². The Kier molecular flexibility index (Phi) is 8.66. The van der Waals surface area contributed by atoms with E-state index in [-0.39, 0.29) is 0 Å². The molecule has 0 saturated carbocycles. The summed E-state index contributed by atoms with van der Waals surface area (Å²) in [6.07, 6.45) is -16.4. The van der Waals surface area contributed by atoms with E-state index in [9.17, 15) is 123 Å². The fourth-order valence-corrected chi connectivity index (χ4v) is 3.26. The highest BCUT2D eigenvalue weighted by atomic mass is 32.2. The predicted molar refractivity (Wildman–Crippen MR) is 70.5 cm³/mol. The maximum absolute atomic E-state index is 13.6. The highest BCUT2D eigenvalue weighted by molar-refractivity contribution is 7.93. The molecule has 0 amide bonds. The number of hydrogen-bond donors (Lipinski definition) is 0. The molecule has 0 atom stereocenters. The molecular weight excluding hydrogens is 702 g/mol. The first kappa shape index (κ1) is 39.1. The molecule has 41 heavy (non-hydrogen) atoms. The first-order chi connectivity index (χ1) is 17.0. The zero-order chi connectivity index (χ0) is 34.5. The molecule has 0 aromatic rings. The summed E-state index contributed by atoms with van der Waals surface area (Å²) in [5.74, 6) is -73.5. The van der Waals surface area contributed by atoms with Gasteiger partial charge in [-0.3, -0.25) is 0 Å². The molecule has 0 aliphatic carbocycles. The minimum Gasteiger partial charge on any atom is -0.216 e. The van der Waals surface area contributed by atoms with Gasteiger partial charge in [0.05, 0.1) is 0 Å². The average molecular weight is 702 g/mol. The van der Waals surface area contributed by atoms with Crippen LogP contribution in [0.3, 0.4) is 0 Å². The molecule has 0 aromatic carbocycles. The van der Waals surface area contributed by atoms with Gasteiger partial charge >= 0.3 is 70.2 Å². The molecule has 0 aliphatic heterocycles. The Bertz CT molecular complexity index is 1010. The first-order valence-corrected chi connectivity index (χ1v) is 9.64. The largest absolute Gasteiger partial charge is 0.460 e. The number of alkyl halides is 26. The van der Waals surface area contributed by atoms with Crippen LogP contribution in [0, 0.1) is 0 Å². The van der Waals surface area contributed by atoms with Gasteiger partial charge in [0, 0.05) is 0 Å². The van der Waals surface area contributed by atoms with Crippen LogP contribution < -0.4 is 0 Å². The Balaban J connectivity index is 7.47. The molecular formula is C12F26O2S. The van der Waals surface area contributed by atoms with Gasteiger partial charge in [0.25, 0.3) is 9.84 Å². The van der Waals surface area contributed by atoms with E-state index >= 15 is 0 Å². The molecule has 0 saturated heterocycles. The molecule has 0 fully saturated rings. The lowest BCUT2D eigenvalue weighted by atomic mass is 9.98. The molecule has 248 valence electrons. The molecule has 0 unspecified atom stereocenters. The third-order valence-electron chi connectivity index (χ3n) is 4.48. The highest BCUT2D eigenvalue weighted by Gasteiger charge is 2.98. The second-order valence-electron chi connectivity index (χ2n) is 7.13. The van der Waals surface area contributed by atoms with Crippen LogP contribution in [-0.2, 0) is 9.84 Å². The van der Waals surface area contributed by atoms with Crippen LogP contribution in [0.25, 0.3) is 0 Å². The lowest BCUT2D eigenvalue weighted by molar-refractivity contribution is -0.436. The third kappa shape index (κ3) is 4.42. The van der Waals surface area contributed by atoms with Crippen molar-refractivity contribution in [3.05, 3.63) is 0 Å². The van der Waals surface area contributed by atoms with E-state index < -0.39 is 80.1 Å². The van der Waals surface area contributed by atoms with Gasteiger partial charge in [0.15, 0.2) is 0 Å². The Labute approximate surface area is 204 Å². The first-order valence-electron chi connectivity index (χ1n) is 8.16. The van der Waals surface area contributed by atoms with E-state index in [1.807, 2.05) is 0 Å². The SMILES string of the molecule is O=S(=O)(C(F)(F)C(F)(F)C(F)(F)C(F)(F)C(F)(F)C(F)(F)F)C(F)(F)C(F)(F)C(F)(F)C(F)(F)C(F)(F)C(F)(F)F. The smallest absolute Gasteiger partial charge is 0.216 e. The Morgan fingerprint density at radius 3 is 0.537 bits per heavy atom. The summed E-state index contributed by atoms with van der Waals surface area (Å²) < 4.78 is 357. The Morgan fingerprint density at radius 1 is 0.244 bits per heavy atom. The molecule has 0 aliphatic rings. The average Bonchev–Trinajstić information content (AvgIpc) is 2.70. The number of sulfone groups is 1. The minimum absolute atomic E-state index is 8.21. The summed E-state index contributed by atoms with van der Waals surface area (Å²) in [5, 5.41) is -19.0. The van der Waals surface area contributed by atoms with Crippen LogP contribution in [-0.4, -0.2) is 78.7 Å². The van der Waals surface area contributed by atoms with E-state index in [1.165, 1.54) is 0 Å². The number of hydrogen-bond acceptors (Lipinski definition) is 2. The van der Waals surface area contributed by atoms with Crippen LogP contribution >= 0.6 is 0 Å². The zero-order valence-corrected chi connectivity index (χ0v) is 17.9. The maximum atomic E-state index is 13.6. The monoisotopic (exact) mass is 702 g/mol. The molecule has 0 heterocycles. The fourth-order valence-electron chi connectivity index (χ4n) is 2.01. The van der Waals surface area contributed by atoms with Gasteiger partial charge < -0.3 is 0 Å².